The van der Waals surface area contributed by atoms with Gasteiger partial charge in [0.25, 0.3) is 0 Å². The number of esters is 1. The molecular weight excluding hydrogens is 328 g/mol. The molecule has 1 aromatic rings. The maximum Gasteiger partial charge on any atom is 0.341 e. The van der Waals surface area contributed by atoms with Gasteiger partial charge in [0.2, 0.25) is 15.9 Å². The Morgan fingerprint density at radius 3 is 2.82 bits per heavy atom. The molecule has 1 amide bonds. The zero-order valence-corrected chi connectivity index (χ0v) is 14.0. The minimum atomic E-state index is -3.63. The fraction of sp³-hybridized carbons (Fsp3) is 0.538. The van der Waals surface area contributed by atoms with Crippen molar-refractivity contribution in [3.63, 3.8) is 0 Å². The minimum Gasteiger partial charge on any atom is -0.462 e. The van der Waals surface area contributed by atoms with Crippen LogP contribution in [-0.4, -0.2) is 39.2 Å². The highest BCUT2D eigenvalue weighted by molar-refractivity contribution is 7.89. The lowest BCUT2D eigenvalue weighted by atomic mass is 10.1. The zero-order valence-electron chi connectivity index (χ0n) is 12.4. The van der Waals surface area contributed by atoms with Crippen LogP contribution >= 0.6 is 11.3 Å². The van der Waals surface area contributed by atoms with Crippen molar-refractivity contribution in [3.8, 4) is 0 Å². The number of sulfonamides is 1. The molecule has 0 aromatic carbocycles. The quantitative estimate of drug-likeness (QED) is 0.796. The number of amides is 1. The molecule has 1 aromatic heterocycles. The molecule has 0 radical (unpaired) electrons. The van der Waals surface area contributed by atoms with Crippen LogP contribution < -0.4 is 10.0 Å². The number of carbonyl (C=O) groups excluding carboxylic acids is 2. The number of hydrogen-bond acceptors (Lipinski definition) is 6. The van der Waals surface area contributed by atoms with Crippen molar-refractivity contribution in [2.75, 3.05) is 23.8 Å². The Morgan fingerprint density at radius 2 is 2.23 bits per heavy atom. The van der Waals surface area contributed by atoms with E-state index in [9.17, 15) is 18.0 Å². The summed E-state index contributed by atoms with van der Waals surface area (Å²) in [5.74, 6) is -1.28. The van der Waals surface area contributed by atoms with Gasteiger partial charge < -0.3 is 9.64 Å². The van der Waals surface area contributed by atoms with Gasteiger partial charge >= 0.3 is 5.97 Å². The normalized spacial score (nSPS) is 18.8. The fourth-order valence-corrected chi connectivity index (χ4v) is 4.45. The highest BCUT2D eigenvalue weighted by atomic mass is 32.2. The van der Waals surface area contributed by atoms with Crippen molar-refractivity contribution >= 4 is 38.2 Å². The van der Waals surface area contributed by atoms with Crippen molar-refractivity contribution in [1.82, 2.24) is 0 Å². The Morgan fingerprint density at radius 1 is 1.55 bits per heavy atom. The van der Waals surface area contributed by atoms with Gasteiger partial charge in [-0.2, -0.15) is 0 Å². The van der Waals surface area contributed by atoms with E-state index in [-0.39, 0.29) is 37.2 Å². The third-order valence-electron chi connectivity index (χ3n) is 3.35. The Kier molecular flexibility index (Phi) is 4.88. The predicted molar refractivity (Wildman–Crippen MR) is 83.4 cm³/mol. The summed E-state index contributed by atoms with van der Waals surface area (Å²) in [7, 11) is -3.63. The van der Waals surface area contributed by atoms with E-state index in [1.807, 2.05) is 0 Å². The van der Waals surface area contributed by atoms with Gasteiger partial charge in [0.15, 0.2) is 0 Å². The van der Waals surface area contributed by atoms with Crippen LogP contribution in [-0.2, 0) is 19.6 Å². The summed E-state index contributed by atoms with van der Waals surface area (Å²) in [6.07, 6.45) is 0.107. The van der Waals surface area contributed by atoms with Gasteiger partial charge in [-0.1, -0.05) is 0 Å². The molecule has 1 fully saturated rings. The fourth-order valence-electron chi connectivity index (χ4n) is 2.50. The molecule has 1 unspecified atom stereocenters. The van der Waals surface area contributed by atoms with Crippen molar-refractivity contribution < 1.29 is 22.7 Å². The standard InChI is InChI=1S/C13H18N2O5S2/c1-3-20-13(17)11-8(2)6-21-12(11)15-5-9(4-10(15)16)7-22(14,18)19/h6,9H,3-5,7H2,1-2H3,(H2,14,18,19). The molecule has 7 nitrogen and oxygen atoms in total. The second-order valence-corrected chi connectivity index (χ2v) is 7.74. The third-order valence-corrected chi connectivity index (χ3v) is 5.41. The van der Waals surface area contributed by atoms with Gasteiger partial charge in [0.05, 0.1) is 17.9 Å². The SMILES string of the molecule is CCOC(=O)c1c(C)csc1N1CC(CS(N)(=O)=O)CC1=O. The predicted octanol–water partition coefficient (Wildman–Crippen LogP) is 0.875. The van der Waals surface area contributed by atoms with Crippen molar-refractivity contribution in [2.45, 2.75) is 20.3 Å². The number of primary sulfonamides is 1. The summed E-state index contributed by atoms with van der Waals surface area (Å²) in [5.41, 5.74) is 1.11. The minimum absolute atomic E-state index is 0.107. The first-order valence-corrected chi connectivity index (χ1v) is 9.38. The van der Waals surface area contributed by atoms with E-state index in [4.69, 9.17) is 9.88 Å². The molecule has 0 saturated carbocycles. The van der Waals surface area contributed by atoms with Crippen LogP contribution in [0.1, 0.15) is 29.3 Å². The van der Waals surface area contributed by atoms with Crippen molar-refractivity contribution in [2.24, 2.45) is 11.1 Å². The number of thiophene rings is 1. The number of nitrogens with zero attached hydrogens (tertiary/aromatic N) is 1. The summed E-state index contributed by atoms with van der Waals surface area (Å²) >= 11 is 1.27. The number of aryl methyl sites for hydroxylation is 1. The molecular formula is C13H18N2O5S2. The zero-order chi connectivity index (χ0) is 16.5. The topological polar surface area (TPSA) is 107 Å². The molecule has 22 heavy (non-hydrogen) atoms. The van der Waals surface area contributed by atoms with Crippen LogP contribution in [0, 0.1) is 12.8 Å². The number of carbonyl (C=O) groups is 2. The monoisotopic (exact) mass is 346 g/mol. The largest absolute Gasteiger partial charge is 0.462 e. The Labute approximate surface area is 133 Å². The first-order chi connectivity index (χ1) is 10.2. The van der Waals surface area contributed by atoms with Crippen LogP contribution in [0.4, 0.5) is 5.00 Å². The summed E-state index contributed by atoms with van der Waals surface area (Å²) in [5, 5.41) is 7.33. The van der Waals surface area contributed by atoms with E-state index in [1.54, 1.807) is 19.2 Å². The van der Waals surface area contributed by atoms with Crippen LogP contribution in [0.2, 0.25) is 0 Å². The summed E-state index contributed by atoms with van der Waals surface area (Å²) in [6, 6.07) is 0. The maximum absolute atomic E-state index is 12.2. The first kappa shape index (κ1) is 16.9. The average molecular weight is 346 g/mol. The van der Waals surface area contributed by atoms with Crippen LogP contribution in [0.5, 0.6) is 0 Å². The van der Waals surface area contributed by atoms with Crippen LogP contribution in [0.25, 0.3) is 0 Å². The average Bonchev–Trinajstić information content (AvgIpc) is 2.90. The Hall–Kier alpha value is -1.45. The second-order valence-electron chi connectivity index (χ2n) is 5.22. The molecule has 122 valence electrons. The molecule has 9 heteroatoms. The van der Waals surface area contributed by atoms with Crippen molar-refractivity contribution in [3.05, 3.63) is 16.5 Å². The second kappa shape index (κ2) is 6.35. The number of nitrogens with two attached hydrogens (primary N) is 1. The molecule has 0 spiro atoms. The van der Waals surface area contributed by atoms with E-state index in [0.29, 0.717) is 10.6 Å². The summed E-state index contributed by atoms with van der Waals surface area (Å²) < 4.78 is 27.4. The maximum atomic E-state index is 12.2. The van der Waals surface area contributed by atoms with Gasteiger partial charge in [-0.15, -0.1) is 11.3 Å². The molecule has 2 rings (SSSR count). The van der Waals surface area contributed by atoms with E-state index in [2.05, 4.69) is 0 Å². The summed E-state index contributed by atoms with van der Waals surface area (Å²) in [6.45, 7) is 3.97. The van der Waals surface area contributed by atoms with E-state index < -0.39 is 16.0 Å². The lowest BCUT2D eigenvalue weighted by molar-refractivity contribution is -0.117. The van der Waals surface area contributed by atoms with Gasteiger partial charge in [0, 0.05) is 18.9 Å². The molecule has 0 bridgehead atoms. The number of rotatable bonds is 5. The Bertz CT molecular complexity index is 695. The third kappa shape index (κ3) is 3.65. The van der Waals surface area contributed by atoms with Crippen LogP contribution in [0.15, 0.2) is 5.38 Å². The molecule has 1 aliphatic rings. The van der Waals surface area contributed by atoms with Gasteiger partial charge in [-0.25, -0.2) is 18.4 Å². The number of anilines is 1. The van der Waals surface area contributed by atoms with Gasteiger partial charge in [0.1, 0.15) is 5.00 Å². The summed E-state index contributed by atoms with van der Waals surface area (Å²) in [4.78, 5) is 25.7. The highest BCUT2D eigenvalue weighted by Gasteiger charge is 2.36. The molecule has 1 saturated heterocycles. The van der Waals surface area contributed by atoms with Gasteiger partial charge in [-0.05, 0) is 24.8 Å². The molecule has 2 N–H and O–H groups in total. The lowest BCUT2D eigenvalue weighted by Crippen LogP contribution is -2.28. The smallest absolute Gasteiger partial charge is 0.341 e. The van der Waals surface area contributed by atoms with E-state index in [1.165, 1.54) is 16.2 Å². The molecule has 2 heterocycles. The van der Waals surface area contributed by atoms with E-state index in [0.717, 1.165) is 5.56 Å². The van der Waals surface area contributed by atoms with E-state index >= 15 is 0 Å². The Balaban J connectivity index is 2.26. The van der Waals surface area contributed by atoms with Crippen LogP contribution in [0.3, 0.4) is 0 Å². The van der Waals surface area contributed by atoms with Crippen molar-refractivity contribution in [1.29, 1.82) is 0 Å². The number of hydrogen-bond donors (Lipinski definition) is 1. The molecule has 1 aliphatic heterocycles. The first-order valence-electron chi connectivity index (χ1n) is 6.79. The molecule has 1 atom stereocenters. The molecule has 0 aliphatic carbocycles. The highest BCUT2D eigenvalue weighted by Crippen LogP contribution is 2.36. The van der Waals surface area contributed by atoms with Gasteiger partial charge in [-0.3, -0.25) is 4.79 Å². The number of ether oxygens (including phenoxy) is 1. The lowest BCUT2D eigenvalue weighted by Gasteiger charge is -2.16.